The fourth-order valence-electron chi connectivity index (χ4n) is 3.83. The van der Waals surface area contributed by atoms with Gasteiger partial charge in [-0.1, -0.05) is 65.9 Å². The zero-order valence-corrected chi connectivity index (χ0v) is 24.1. The number of allylic oxidation sites excluding steroid dienone is 3. The van der Waals surface area contributed by atoms with Gasteiger partial charge in [-0.15, -0.1) is 10.2 Å². The second-order valence-corrected chi connectivity index (χ2v) is 12.7. The lowest BCUT2D eigenvalue weighted by Crippen LogP contribution is -2.55. The van der Waals surface area contributed by atoms with Crippen LogP contribution in [0.25, 0.3) is 0 Å². The lowest BCUT2D eigenvalue weighted by molar-refractivity contribution is -0.310. The van der Waals surface area contributed by atoms with Gasteiger partial charge in [-0.2, -0.15) is 0 Å². The van der Waals surface area contributed by atoms with Gasteiger partial charge in [0.2, 0.25) is 22.8 Å². The van der Waals surface area contributed by atoms with E-state index in [4.69, 9.17) is 5.73 Å². The number of nitrogens with zero attached hydrogens (tertiary/aromatic N) is 2. The number of benzene rings is 2. The van der Waals surface area contributed by atoms with Crippen LogP contribution >= 0.6 is 11.3 Å². The van der Waals surface area contributed by atoms with Gasteiger partial charge < -0.3 is 16.8 Å². The number of amides is 2. The maximum Gasteiger partial charge on any atom is 0.232 e. The van der Waals surface area contributed by atoms with E-state index in [1.807, 2.05) is 30.3 Å². The van der Waals surface area contributed by atoms with Gasteiger partial charge in [0.25, 0.3) is 0 Å². The van der Waals surface area contributed by atoms with Crippen molar-refractivity contribution >= 4 is 38.1 Å². The predicted octanol–water partition coefficient (Wildman–Crippen LogP) is 2.26. The van der Waals surface area contributed by atoms with E-state index in [9.17, 15) is 18.0 Å². The summed E-state index contributed by atoms with van der Waals surface area (Å²) in [5.74, 6) is -0.0321. The minimum Gasteiger partial charge on any atom is -0.402 e. The highest BCUT2D eigenvalue weighted by molar-refractivity contribution is 7.89. The van der Waals surface area contributed by atoms with Crippen LogP contribution in [0, 0.1) is 0 Å². The van der Waals surface area contributed by atoms with E-state index >= 15 is 0 Å². The van der Waals surface area contributed by atoms with Crippen molar-refractivity contribution in [1.29, 1.82) is 0 Å². The Morgan fingerprint density at radius 3 is 2.40 bits per heavy atom. The van der Waals surface area contributed by atoms with E-state index in [-0.39, 0.29) is 30.4 Å². The summed E-state index contributed by atoms with van der Waals surface area (Å²) in [5.41, 5.74) is 12.9. The molecule has 2 amide bonds. The Bertz CT molecular complexity index is 1470. The summed E-state index contributed by atoms with van der Waals surface area (Å²) < 4.78 is 23.0. The normalized spacial score (nSPS) is 12.2. The Kier molecular flexibility index (Phi) is 11.5. The monoisotopic (exact) mass is 583 g/mol. The summed E-state index contributed by atoms with van der Waals surface area (Å²) in [4.78, 5) is 24.5. The van der Waals surface area contributed by atoms with Gasteiger partial charge in [-0.3, -0.25) is 14.9 Å². The molecule has 212 valence electrons. The summed E-state index contributed by atoms with van der Waals surface area (Å²) in [5, 5.41) is 15.1. The summed E-state index contributed by atoms with van der Waals surface area (Å²) in [6, 6.07) is 16.5. The van der Waals surface area contributed by atoms with Crippen molar-refractivity contribution in [3.63, 3.8) is 0 Å². The second-order valence-electron chi connectivity index (χ2n) is 9.47. The fourth-order valence-corrected chi connectivity index (χ4v) is 5.41. The predicted molar refractivity (Wildman–Crippen MR) is 156 cm³/mol. The Labute approximate surface area is 238 Å². The van der Waals surface area contributed by atoms with Crippen LogP contribution in [0.5, 0.6) is 0 Å². The van der Waals surface area contributed by atoms with Crippen molar-refractivity contribution in [2.24, 2.45) is 5.73 Å². The van der Waals surface area contributed by atoms with Gasteiger partial charge in [0, 0.05) is 24.4 Å². The maximum absolute atomic E-state index is 12.4. The first-order valence-corrected chi connectivity index (χ1v) is 15.6. The number of aryl methyl sites for hydroxylation is 1. The number of carbonyl (C=O) groups is 2. The lowest BCUT2D eigenvalue weighted by atomic mass is 10.1. The van der Waals surface area contributed by atoms with E-state index in [1.165, 1.54) is 17.6 Å². The Hall–Kier alpha value is -3.87. The van der Waals surface area contributed by atoms with E-state index in [1.54, 1.807) is 36.4 Å². The summed E-state index contributed by atoms with van der Waals surface area (Å²) in [7, 11) is -3.15. The average molecular weight is 584 g/mol. The second kappa shape index (κ2) is 15.1. The van der Waals surface area contributed by atoms with E-state index in [2.05, 4.69) is 26.6 Å². The molecule has 0 aliphatic carbocycles. The summed E-state index contributed by atoms with van der Waals surface area (Å²) in [6.07, 6.45) is 8.05. The number of hydrogen-bond acceptors (Lipinski definition) is 8. The molecule has 7 N–H and O–H groups in total. The number of nitrogens with one attached hydrogen (secondary N) is 2. The molecule has 3 aromatic rings. The van der Waals surface area contributed by atoms with Gasteiger partial charge >= 0.3 is 0 Å². The Morgan fingerprint density at radius 2 is 1.65 bits per heavy atom. The number of carbonyl (C=O) groups excluding carboxylic acids is 2. The highest BCUT2D eigenvalue weighted by atomic mass is 32.2. The van der Waals surface area contributed by atoms with Gasteiger partial charge in [0.15, 0.2) is 9.84 Å². The van der Waals surface area contributed by atoms with Crippen molar-refractivity contribution < 1.29 is 23.7 Å². The first-order valence-electron chi connectivity index (χ1n) is 12.8. The molecule has 0 radical (unpaired) electrons. The molecule has 40 heavy (non-hydrogen) atoms. The molecular weight excluding hydrogens is 548 g/mol. The van der Waals surface area contributed by atoms with Gasteiger partial charge in [0.05, 0.1) is 18.6 Å². The molecule has 12 heteroatoms. The molecule has 0 saturated carbocycles. The quantitative estimate of drug-likeness (QED) is 0.166. The molecule has 2 aromatic carbocycles. The van der Waals surface area contributed by atoms with Crippen molar-refractivity contribution in [1.82, 2.24) is 15.5 Å². The molecule has 1 aromatic heterocycles. The van der Waals surface area contributed by atoms with Crippen molar-refractivity contribution in [3.05, 3.63) is 100.0 Å². The van der Waals surface area contributed by atoms with Gasteiger partial charge in [-0.25, -0.2) is 8.42 Å². The number of rotatable bonds is 14. The maximum atomic E-state index is 12.4. The molecular formula is C28H35N6O4S2+. The molecule has 3 rings (SSSR count). The molecule has 0 atom stereocenters. The largest absolute Gasteiger partial charge is 0.402 e. The van der Waals surface area contributed by atoms with Crippen LogP contribution in [-0.4, -0.2) is 36.7 Å². The highest BCUT2D eigenvalue weighted by Gasteiger charge is 2.10. The lowest BCUT2D eigenvalue weighted by Gasteiger charge is -2.05. The van der Waals surface area contributed by atoms with Crippen LogP contribution in [0.4, 0.5) is 5.13 Å². The van der Waals surface area contributed by atoms with Gasteiger partial charge in [-0.05, 0) is 42.0 Å². The first kappa shape index (κ1) is 30.7. The van der Waals surface area contributed by atoms with E-state index in [0.717, 1.165) is 35.4 Å². The number of sulfone groups is 1. The number of quaternary nitrogens is 1. The third-order valence-corrected chi connectivity index (χ3v) is 7.37. The molecule has 0 aliphatic heterocycles. The number of hydrogen-bond donors (Lipinski definition) is 4. The average Bonchev–Trinajstić information content (AvgIpc) is 3.32. The van der Waals surface area contributed by atoms with E-state index < -0.39 is 9.84 Å². The van der Waals surface area contributed by atoms with Crippen LogP contribution in [0.3, 0.4) is 0 Å². The molecule has 0 spiro atoms. The summed E-state index contributed by atoms with van der Waals surface area (Å²) in [6.45, 7) is 0. The molecule has 0 unspecified atom stereocenters. The SMILES string of the molecule is CS(=O)(=O)Cc1cccc(CC(=O)N/C([NH3+])=C/C=C(\N)CCCCc2nnc(NC(=O)Cc3ccccc3)s2)c1. The minimum absolute atomic E-state index is 0.0673. The highest BCUT2D eigenvalue weighted by Crippen LogP contribution is 2.18. The third kappa shape index (κ3) is 11.9. The standard InChI is InChI=1S/C28H34N6O4S2/c1-40(37,38)19-22-11-7-10-21(16-22)18-25(35)31-24(30)15-14-23(29)12-5-6-13-27-33-34-28(39-27)32-26(36)17-20-8-3-2-4-9-20/h2-4,7-11,14-16H,5-6,12-13,17-19,29-30H2,1H3,(H,31,35)(H,32,34,36)/p+1/b23-14-,24-15+. The summed E-state index contributed by atoms with van der Waals surface area (Å²) >= 11 is 1.37. The zero-order chi connectivity index (χ0) is 29.0. The van der Waals surface area contributed by atoms with Crippen LogP contribution in [0.1, 0.15) is 41.0 Å². The topological polar surface area (TPSA) is 172 Å². The van der Waals surface area contributed by atoms with Crippen LogP contribution in [-0.2, 0) is 44.4 Å². The first-order chi connectivity index (χ1) is 19.1. The number of nitrogens with two attached hydrogens (primary N) is 1. The van der Waals surface area contributed by atoms with Crippen molar-refractivity contribution in [2.75, 3.05) is 11.6 Å². The zero-order valence-electron chi connectivity index (χ0n) is 22.4. The van der Waals surface area contributed by atoms with Crippen molar-refractivity contribution in [2.45, 2.75) is 44.3 Å². The van der Waals surface area contributed by atoms with Crippen LogP contribution < -0.4 is 22.1 Å². The third-order valence-electron chi connectivity index (χ3n) is 5.61. The molecule has 0 saturated heterocycles. The Balaban J connectivity index is 1.36. The minimum atomic E-state index is -3.15. The molecule has 0 aliphatic rings. The fraction of sp³-hybridized carbons (Fsp3) is 0.286. The van der Waals surface area contributed by atoms with Crippen LogP contribution in [0.2, 0.25) is 0 Å². The molecule has 10 nitrogen and oxygen atoms in total. The smallest absolute Gasteiger partial charge is 0.232 e. The number of unbranched alkanes of at least 4 members (excludes halogenated alkanes) is 1. The van der Waals surface area contributed by atoms with Crippen molar-refractivity contribution in [3.8, 4) is 0 Å². The molecule has 0 fully saturated rings. The Morgan fingerprint density at radius 1 is 0.950 bits per heavy atom. The van der Waals surface area contributed by atoms with E-state index in [0.29, 0.717) is 28.6 Å². The number of aromatic nitrogens is 2. The van der Waals surface area contributed by atoms with Crippen LogP contribution in [0.15, 0.2) is 78.3 Å². The molecule has 0 bridgehead atoms. The molecule has 1 heterocycles. The van der Waals surface area contributed by atoms with Gasteiger partial charge in [0.1, 0.15) is 5.01 Å². The number of anilines is 1.